The van der Waals surface area contributed by atoms with Crippen molar-refractivity contribution >= 4 is 0 Å². The largest absolute Gasteiger partial charge is 0.370 e. The van der Waals surface area contributed by atoms with Gasteiger partial charge in [-0.1, -0.05) is 6.92 Å². The fraction of sp³-hybridized carbons (Fsp3) is 0.824. The quantitative estimate of drug-likeness (QED) is 0.872. The first-order chi connectivity index (χ1) is 9.84. The van der Waals surface area contributed by atoms with Gasteiger partial charge in [0.15, 0.2) is 0 Å². The molecule has 0 spiro atoms. The molecule has 1 aliphatic heterocycles. The molecule has 4 heteroatoms. The summed E-state index contributed by atoms with van der Waals surface area (Å²) in [6, 6.07) is 0.361. The minimum Gasteiger partial charge on any atom is -0.370 e. The second-order valence-electron chi connectivity index (χ2n) is 6.98. The van der Waals surface area contributed by atoms with Crippen LogP contribution in [0.1, 0.15) is 70.0 Å². The Bertz CT molecular complexity index is 479. The summed E-state index contributed by atoms with van der Waals surface area (Å²) in [5.41, 5.74) is 3.79. The Morgan fingerprint density at radius 1 is 1.43 bits per heavy atom. The second kappa shape index (κ2) is 6.49. The second-order valence-corrected chi connectivity index (χ2v) is 6.98. The third kappa shape index (κ3) is 3.86. The number of nitrogens with one attached hydrogen (secondary N) is 1. The Morgan fingerprint density at radius 3 is 2.71 bits per heavy atom. The molecule has 2 unspecified atom stereocenters. The summed E-state index contributed by atoms with van der Waals surface area (Å²) in [4.78, 5) is 0. The lowest BCUT2D eigenvalue weighted by molar-refractivity contribution is -0.0232. The molecule has 2 heterocycles. The number of nitrogens with zero attached hydrogens (tertiary/aromatic N) is 2. The maximum absolute atomic E-state index is 6.11. The lowest BCUT2D eigenvalue weighted by atomic mass is 10.1. The third-order valence-electron chi connectivity index (χ3n) is 4.50. The van der Waals surface area contributed by atoms with Crippen LogP contribution in [0.4, 0.5) is 0 Å². The van der Waals surface area contributed by atoms with Crippen LogP contribution in [0.15, 0.2) is 0 Å². The van der Waals surface area contributed by atoms with Crippen LogP contribution in [0.25, 0.3) is 0 Å². The fourth-order valence-corrected chi connectivity index (χ4v) is 3.38. The molecule has 1 aliphatic rings. The number of hydrogen-bond donors (Lipinski definition) is 1. The first kappa shape index (κ1) is 16.5. The number of aromatic nitrogens is 2. The molecule has 0 radical (unpaired) electrons. The van der Waals surface area contributed by atoms with E-state index in [1.165, 1.54) is 11.3 Å². The van der Waals surface area contributed by atoms with E-state index in [0.29, 0.717) is 12.1 Å². The lowest BCUT2D eigenvalue weighted by Gasteiger charge is -2.20. The maximum Gasteiger partial charge on any atom is 0.0779 e. The van der Waals surface area contributed by atoms with Crippen molar-refractivity contribution in [2.45, 2.75) is 85.1 Å². The summed E-state index contributed by atoms with van der Waals surface area (Å²) < 4.78 is 8.25. The van der Waals surface area contributed by atoms with Crippen LogP contribution in [0.2, 0.25) is 0 Å². The van der Waals surface area contributed by atoms with Crippen LogP contribution in [0, 0.1) is 13.8 Å². The summed E-state index contributed by atoms with van der Waals surface area (Å²) in [7, 11) is 0. The van der Waals surface area contributed by atoms with Gasteiger partial charge in [0.2, 0.25) is 0 Å². The summed E-state index contributed by atoms with van der Waals surface area (Å²) >= 11 is 0. The Labute approximate surface area is 129 Å². The molecule has 0 amide bonds. The van der Waals surface area contributed by atoms with Crippen LogP contribution in [-0.2, 0) is 11.3 Å². The van der Waals surface area contributed by atoms with E-state index >= 15 is 0 Å². The molecule has 1 fully saturated rings. The molecule has 2 rings (SSSR count). The molecule has 0 saturated carbocycles. The molecule has 1 aromatic rings. The molecule has 1 aromatic heterocycles. The Morgan fingerprint density at radius 2 is 2.14 bits per heavy atom. The minimum absolute atomic E-state index is 0.0274. The van der Waals surface area contributed by atoms with Gasteiger partial charge in [-0.3, -0.25) is 4.68 Å². The molecule has 0 bridgehead atoms. The first-order valence-corrected chi connectivity index (χ1v) is 8.29. The molecule has 2 atom stereocenters. The third-order valence-corrected chi connectivity index (χ3v) is 4.50. The van der Waals surface area contributed by atoms with Gasteiger partial charge >= 0.3 is 0 Å². The predicted molar refractivity (Wildman–Crippen MR) is 86.6 cm³/mol. The molecule has 0 aromatic carbocycles. The predicted octanol–water partition coefficient (Wildman–Crippen LogP) is 3.52. The summed E-state index contributed by atoms with van der Waals surface area (Å²) in [6.07, 6.45) is 3.72. The van der Waals surface area contributed by atoms with E-state index in [1.54, 1.807) is 0 Å². The number of rotatable bonds is 6. The molecule has 21 heavy (non-hydrogen) atoms. The number of hydrogen-bond acceptors (Lipinski definition) is 3. The highest BCUT2D eigenvalue weighted by Crippen LogP contribution is 2.31. The monoisotopic (exact) mass is 293 g/mol. The van der Waals surface area contributed by atoms with Crippen molar-refractivity contribution in [3.05, 3.63) is 17.0 Å². The Hall–Kier alpha value is -0.870. The first-order valence-electron chi connectivity index (χ1n) is 8.29. The number of ether oxygens (including phenoxy) is 1. The normalized spacial score (nSPS) is 22.7. The summed E-state index contributed by atoms with van der Waals surface area (Å²) in [6.45, 7) is 15.0. The molecule has 1 N–H and O–H groups in total. The highest BCUT2D eigenvalue weighted by molar-refractivity contribution is 5.27. The van der Waals surface area contributed by atoms with Gasteiger partial charge in [-0.2, -0.15) is 5.10 Å². The smallest absolute Gasteiger partial charge is 0.0779 e. The maximum atomic E-state index is 6.11. The van der Waals surface area contributed by atoms with Gasteiger partial charge in [0, 0.05) is 17.3 Å². The lowest BCUT2D eigenvalue weighted by Crippen LogP contribution is -2.24. The van der Waals surface area contributed by atoms with Crippen LogP contribution in [0.3, 0.4) is 0 Å². The molecule has 4 nitrogen and oxygen atoms in total. The van der Waals surface area contributed by atoms with Gasteiger partial charge in [-0.15, -0.1) is 0 Å². The van der Waals surface area contributed by atoms with Gasteiger partial charge < -0.3 is 10.1 Å². The number of aryl methyl sites for hydroxylation is 1. The van der Waals surface area contributed by atoms with E-state index in [2.05, 4.69) is 51.5 Å². The van der Waals surface area contributed by atoms with Crippen molar-refractivity contribution in [1.29, 1.82) is 0 Å². The Balaban J connectivity index is 2.08. The highest BCUT2D eigenvalue weighted by Gasteiger charge is 2.32. The van der Waals surface area contributed by atoms with Crippen LogP contribution >= 0.6 is 0 Å². The van der Waals surface area contributed by atoms with E-state index in [1.807, 2.05) is 0 Å². The molecule has 1 saturated heterocycles. The van der Waals surface area contributed by atoms with Crippen molar-refractivity contribution in [3.63, 3.8) is 0 Å². The van der Waals surface area contributed by atoms with Crippen LogP contribution in [0.5, 0.6) is 0 Å². The van der Waals surface area contributed by atoms with Crippen molar-refractivity contribution in [1.82, 2.24) is 15.1 Å². The topological polar surface area (TPSA) is 39.1 Å². The highest BCUT2D eigenvalue weighted by atomic mass is 16.5. The van der Waals surface area contributed by atoms with Crippen molar-refractivity contribution in [2.75, 3.05) is 6.54 Å². The van der Waals surface area contributed by atoms with E-state index in [0.717, 1.165) is 38.0 Å². The van der Waals surface area contributed by atoms with Gasteiger partial charge in [-0.25, -0.2) is 0 Å². The SMILES string of the molecule is CCCNC(C)c1c(C)nn(CC2CCC(C)(C)O2)c1C. The van der Waals surface area contributed by atoms with E-state index in [9.17, 15) is 0 Å². The average molecular weight is 293 g/mol. The average Bonchev–Trinajstić information content (AvgIpc) is 2.87. The van der Waals surface area contributed by atoms with Crippen molar-refractivity contribution < 1.29 is 4.74 Å². The zero-order valence-electron chi connectivity index (χ0n) is 14.5. The Kier molecular flexibility index (Phi) is 5.10. The minimum atomic E-state index is 0.0274. The summed E-state index contributed by atoms with van der Waals surface area (Å²) in [5, 5.41) is 8.31. The summed E-state index contributed by atoms with van der Waals surface area (Å²) in [5.74, 6) is 0. The van der Waals surface area contributed by atoms with Crippen LogP contribution in [-0.4, -0.2) is 28.0 Å². The zero-order valence-corrected chi connectivity index (χ0v) is 14.5. The van der Waals surface area contributed by atoms with Crippen LogP contribution < -0.4 is 5.32 Å². The standard InChI is InChI=1S/C17H31N3O/c1-7-10-18-12(2)16-13(3)19-20(14(16)4)11-15-8-9-17(5,6)21-15/h12,15,18H,7-11H2,1-6H3. The van der Waals surface area contributed by atoms with Gasteiger partial charge in [0.05, 0.1) is 23.9 Å². The zero-order chi connectivity index (χ0) is 15.6. The van der Waals surface area contributed by atoms with E-state index < -0.39 is 0 Å². The molecule has 0 aliphatic carbocycles. The van der Waals surface area contributed by atoms with Gasteiger partial charge in [-0.05, 0) is 60.4 Å². The van der Waals surface area contributed by atoms with E-state index in [4.69, 9.17) is 9.84 Å². The molecular formula is C17H31N3O. The van der Waals surface area contributed by atoms with Gasteiger partial charge in [0.25, 0.3) is 0 Å². The fourth-order valence-electron chi connectivity index (χ4n) is 3.38. The van der Waals surface area contributed by atoms with Gasteiger partial charge in [0.1, 0.15) is 0 Å². The van der Waals surface area contributed by atoms with Crippen molar-refractivity contribution in [3.8, 4) is 0 Å². The van der Waals surface area contributed by atoms with E-state index in [-0.39, 0.29) is 5.60 Å². The molecular weight excluding hydrogens is 262 g/mol. The van der Waals surface area contributed by atoms with Crippen molar-refractivity contribution in [2.24, 2.45) is 0 Å². The molecule has 120 valence electrons.